The Hall–Kier alpha value is -2.74. The fourth-order valence-corrected chi connectivity index (χ4v) is 3.54. The van der Waals surface area contributed by atoms with Crippen LogP contribution in [0.25, 0.3) is 0 Å². The number of ketones is 1. The molecule has 0 fully saturated rings. The summed E-state index contributed by atoms with van der Waals surface area (Å²) >= 11 is 0. The van der Waals surface area contributed by atoms with Gasteiger partial charge in [0.2, 0.25) is 5.88 Å². The molecule has 130 valence electrons. The highest BCUT2D eigenvalue weighted by Gasteiger charge is 2.42. The zero-order valence-electron chi connectivity index (χ0n) is 14.8. The fraction of sp³-hybridized carbons (Fsp3) is 0.400. The number of nitrogens with two attached hydrogens (primary N) is 1. The van der Waals surface area contributed by atoms with Gasteiger partial charge in [0.25, 0.3) is 0 Å². The van der Waals surface area contributed by atoms with E-state index in [1.54, 1.807) is 0 Å². The summed E-state index contributed by atoms with van der Waals surface area (Å²) < 4.78 is 11.2. The minimum Gasteiger partial charge on any atom is -0.494 e. The average Bonchev–Trinajstić information content (AvgIpc) is 2.53. The number of hydrogen-bond acceptors (Lipinski definition) is 5. The number of Topliss-reactive ketones (excluding diaryl/α,β-unsaturated/α-hetero) is 1. The summed E-state index contributed by atoms with van der Waals surface area (Å²) in [5, 5.41) is 9.58. The number of nitriles is 1. The summed E-state index contributed by atoms with van der Waals surface area (Å²) in [6.07, 6.45) is 1.06. The molecule has 1 aliphatic heterocycles. The molecular formula is C20H22N2O3. The van der Waals surface area contributed by atoms with Crippen molar-refractivity contribution in [3.63, 3.8) is 0 Å². The van der Waals surface area contributed by atoms with Crippen LogP contribution in [0.2, 0.25) is 0 Å². The molecule has 0 aromatic heterocycles. The molecule has 1 atom stereocenters. The van der Waals surface area contributed by atoms with Crippen molar-refractivity contribution in [2.24, 2.45) is 11.1 Å². The molecule has 1 aliphatic carbocycles. The fourth-order valence-electron chi connectivity index (χ4n) is 3.54. The van der Waals surface area contributed by atoms with Gasteiger partial charge in [-0.2, -0.15) is 5.26 Å². The first-order valence-corrected chi connectivity index (χ1v) is 8.43. The Balaban J connectivity index is 2.09. The lowest BCUT2D eigenvalue weighted by molar-refractivity contribution is -0.119. The van der Waals surface area contributed by atoms with E-state index in [0.29, 0.717) is 30.8 Å². The van der Waals surface area contributed by atoms with Crippen molar-refractivity contribution >= 4 is 5.78 Å². The van der Waals surface area contributed by atoms with E-state index in [9.17, 15) is 10.1 Å². The van der Waals surface area contributed by atoms with E-state index in [1.807, 2.05) is 45.0 Å². The van der Waals surface area contributed by atoms with Gasteiger partial charge >= 0.3 is 0 Å². The molecule has 5 nitrogen and oxygen atoms in total. The smallest absolute Gasteiger partial charge is 0.205 e. The van der Waals surface area contributed by atoms with E-state index in [0.717, 1.165) is 11.3 Å². The zero-order chi connectivity index (χ0) is 18.2. The number of carbonyl (C=O) groups excluding carboxylic acids is 1. The van der Waals surface area contributed by atoms with Crippen molar-refractivity contribution in [3.8, 4) is 11.8 Å². The van der Waals surface area contributed by atoms with Crippen LogP contribution in [0.5, 0.6) is 5.75 Å². The first kappa shape index (κ1) is 17.1. The molecule has 1 heterocycles. The topological polar surface area (TPSA) is 85.3 Å². The first-order valence-electron chi connectivity index (χ1n) is 8.43. The molecule has 0 saturated heterocycles. The van der Waals surface area contributed by atoms with E-state index in [-0.39, 0.29) is 22.7 Å². The van der Waals surface area contributed by atoms with Crippen molar-refractivity contribution in [3.05, 3.63) is 52.6 Å². The van der Waals surface area contributed by atoms with Gasteiger partial charge < -0.3 is 15.2 Å². The molecule has 3 rings (SSSR count). The van der Waals surface area contributed by atoms with Crippen molar-refractivity contribution in [1.82, 2.24) is 0 Å². The third kappa shape index (κ3) is 3.12. The Bertz CT molecular complexity index is 810. The van der Waals surface area contributed by atoms with Crippen LogP contribution in [0.4, 0.5) is 0 Å². The third-order valence-corrected chi connectivity index (χ3v) is 4.60. The van der Waals surface area contributed by atoms with Crippen LogP contribution in [0.1, 0.15) is 45.1 Å². The lowest BCUT2D eigenvalue weighted by Crippen LogP contribution is -2.33. The number of carbonyl (C=O) groups is 1. The Morgan fingerprint density at radius 2 is 2.00 bits per heavy atom. The Morgan fingerprint density at radius 1 is 1.32 bits per heavy atom. The van der Waals surface area contributed by atoms with Gasteiger partial charge in [-0.1, -0.05) is 26.0 Å². The quantitative estimate of drug-likeness (QED) is 0.911. The first-order chi connectivity index (χ1) is 11.9. The van der Waals surface area contributed by atoms with Gasteiger partial charge in [0.15, 0.2) is 5.78 Å². The summed E-state index contributed by atoms with van der Waals surface area (Å²) in [5.41, 5.74) is 7.52. The number of benzene rings is 1. The monoisotopic (exact) mass is 338 g/mol. The molecule has 0 spiro atoms. The van der Waals surface area contributed by atoms with Crippen LogP contribution in [0.15, 0.2) is 47.1 Å². The van der Waals surface area contributed by atoms with E-state index in [1.165, 1.54) is 0 Å². The number of rotatable bonds is 3. The van der Waals surface area contributed by atoms with Gasteiger partial charge in [0, 0.05) is 18.4 Å². The van der Waals surface area contributed by atoms with Crippen molar-refractivity contribution in [1.29, 1.82) is 5.26 Å². The molecule has 1 unspecified atom stereocenters. The van der Waals surface area contributed by atoms with Crippen molar-refractivity contribution in [2.45, 2.75) is 39.5 Å². The summed E-state index contributed by atoms with van der Waals surface area (Å²) in [4.78, 5) is 12.8. The Labute approximate surface area is 147 Å². The second-order valence-corrected chi connectivity index (χ2v) is 7.20. The van der Waals surface area contributed by atoms with Gasteiger partial charge in [-0.25, -0.2) is 0 Å². The zero-order valence-corrected chi connectivity index (χ0v) is 14.8. The highest BCUT2D eigenvalue weighted by molar-refractivity contribution is 6.00. The molecule has 5 heteroatoms. The number of hydrogen-bond donors (Lipinski definition) is 1. The van der Waals surface area contributed by atoms with Crippen LogP contribution in [0.3, 0.4) is 0 Å². The van der Waals surface area contributed by atoms with Gasteiger partial charge in [0.1, 0.15) is 23.2 Å². The molecule has 2 N–H and O–H groups in total. The summed E-state index contributed by atoms with van der Waals surface area (Å²) in [6.45, 7) is 6.56. The molecule has 25 heavy (non-hydrogen) atoms. The molecule has 1 aromatic carbocycles. The normalized spacial score (nSPS) is 22.2. The number of nitrogens with zero attached hydrogens (tertiary/aromatic N) is 1. The van der Waals surface area contributed by atoms with Crippen LogP contribution < -0.4 is 10.5 Å². The van der Waals surface area contributed by atoms with Gasteiger partial charge in [-0.3, -0.25) is 4.79 Å². The molecular weight excluding hydrogens is 316 g/mol. The van der Waals surface area contributed by atoms with Gasteiger partial charge in [-0.05, 0) is 30.0 Å². The molecule has 1 aromatic rings. The summed E-state index contributed by atoms with van der Waals surface area (Å²) in [5.74, 6) is 0.972. The lowest BCUT2D eigenvalue weighted by Gasteiger charge is -2.37. The second kappa shape index (κ2) is 6.29. The average molecular weight is 338 g/mol. The standard InChI is InChI=1S/C20H22N2O3/c1-4-24-13-7-5-12(6-8-13)17-14(11-21)19(22)25-16-10-20(2,3)9-15(23)18(16)17/h5-8,17H,4,9-10,22H2,1-3H3. The predicted molar refractivity (Wildman–Crippen MR) is 93.3 cm³/mol. The molecule has 0 amide bonds. The molecule has 0 saturated carbocycles. The van der Waals surface area contributed by atoms with Crippen LogP contribution in [-0.4, -0.2) is 12.4 Å². The Morgan fingerprint density at radius 3 is 2.60 bits per heavy atom. The summed E-state index contributed by atoms with van der Waals surface area (Å²) in [6, 6.07) is 9.57. The second-order valence-electron chi connectivity index (χ2n) is 7.20. The van der Waals surface area contributed by atoms with E-state index in [4.69, 9.17) is 15.2 Å². The molecule has 0 radical (unpaired) electrons. The van der Waals surface area contributed by atoms with Crippen molar-refractivity contribution < 1.29 is 14.3 Å². The highest BCUT2D eigenvalue weighted by atomic mass is 16.5. The van der Waals surface area contributed by atoms with Crippen LogP contribution in [-0.2, 0) is 9.53 Å². The van der Waals surface area contributed by atoms with Crippen molar-refractivity contribution in [2.75, 3.05) is 6.61 Å². The van der Waals surface area contributed by atoms with Gasteiger partial charge in [0.05, 0.1) is 12.5 Å². The maximum absolute atomic E-state index is 12.8. The molecule has 2 aliphatic rings. The maximum atomic E-state index is 12.8. The van der Waals surface area contributed by atoms with Crippen LogP contribution in [0, 0.1) is 16.7 Å². The number of ether oxygens (including phenoxy) is 2. The predicted octanol–water partition coefficient (Wildman–Crippen LogP) is 3.54. The number of allylic oxidation sites excluding steroid dienone is 3. The van der Waals surface area contributed by atoms with E-state index < -0.39 is 5.92 Å². The third-order valence-electron chi connectivity index (χ3n) is 4.60. The highest BCUT2D eigenvalue weighted by Crippen LogP contribution is 2.47. The molecule has 0 bridgehead atoms. The Kier molecular flexibility index (Phi) is 4.30. The van der Waals surface area contributed by atoms with E-state index in [2.05, 4.69) is 6.07 Å². The minimum absolute atomic E-state index is 0.0189. The maximum Gasteiger partial charge on any atom is 0.205 e. The minimum atomic E-state index is -0.479. The summed E-state index contributed by atoms with van der Waals surface area (Å²) in [7, 11) is 0. The largest absolute Gasteiger partial charge is 0.494 e. The SMILES string of the molecule is CCOc1ccc(C2C(C#N)=C(N)OC3=C2C(=O)CC(C)(C)C3)cc1. The van der Waals surface area contributed by atoms with Crippen LogP contribution >= 0.6 is 0 Å². The van der Waals surface area contributed by atoms with E-state index >= 15 is 0 Å². The lowest BCUT2D eigenvalue weighted by atomic mass is 9.70. The van der Waals surface area contributed by atoms with Gasteiger partial charge in [-0.15, -0.1) is 0 Å².